The predicted molar refractivity (Wildman–Crippen MR) is 105 cm³/mol. The Balaban J connectivity index is 1.97. The number of amides is 1. The van der Waals surface area contributed by atoms with Gasteiger partial charge in [0.1, 0.15) is 5.82 Å². The van der Waals surface area contributed by atoms with E-state index < -0.39 is 21.6 Å². The van der Waals surface area contributed by atoms with Crippen LogP contribution in [-0.2, 0) is 14.6 Å². The smallest absolute Gasteiger partial charge is 0.256 e. The highest BCUT2D eigenvalue weighted by atomic mass is 32.2. The number of morpholine rings is 1. The van der Waals surface area contributed by atoms with E-state index in [1.807, 2.05) is 6.92 Å². The average molecular weight is 414 g/mol. The van der Waals surface area contributed by atoms with Crippen molar-refractivity contribution < 1.29 is 22.3 Å². The molecule has 6 nitrogen and oxygen atoms in total. The Morgan fingerprint density at radius 3 is 2.48 bits per heavy atom. The number of hydrogen-bond donors (Lipinski definition) is 0. The number of fused-ring (bicyclic) bond motifs is 1. The maximum Gasteiger partial charge on any atom is 0.256 e. The molecule has 2 heterocycles. The molecule has 150 valence electrons. The molecular formula is C21H19FN2O4S. The van der Waals surface area contributed by atoms with E-state index in [1.165, 1.54) is 35.4 Å². The van der Waals surface area contributed by atoms with Crippen molar-refractivity contribution in [3.63, 3.8) is 0 Å². The minimum atomic E-state index is -4.10. The molecular weight excluding hydrogens is 395 g/mol. The van der Waals surface area contributed by atoms with Gasteiger partial charge in [0.15, 0.2) is 0 Å². The lowest BCUT2D eigenvalue weighted by atomic mass is 10.1. The van der Waals surface area contributed by atoms with Crippen LogP contribution in [0.3, 0.4) is 0 Å². The number of halogens is 1. The molecule has 0 radical (unpaired) electrons. The van der Waals surface area contributed by atoms with Crippen LogP contribution >= 0.6 is 0 Å². The monoisotopic (exact) mass is 414 g/mol. The van der Waals surface area contributed by atoms with Gasteiger partial charge in [0, 0.05) is 24.7 Å². The van der Waals surface area contributed by atoms with Crippen LogP contribution in [0.2, 0.25) is 0 Å². The van der Waals surface area contributed by atoms with Gasteiger partial charge < -0.3 is 9.64 Å². The first-order chi connectivity index (χ1) is 13.9. The van der Waals surface area contributed by atoms with Crippen molar-refractivity contribution in [2.75, 3.05) is 26.3 Å². The van der Waals surface area contributed by atoms with Gasteiger partial charge in [-0.3, -0.25) is 9.78 Å². The SMILES string of the molecule is Cc1ccc(S(=O)(=O)c2c(C(=O)N3CCOCC3)cnc3ccc(F)cc23)cc1. The zero-order chi connectivity index (χ0) is 20.6. The third kappa shape index (κ3) is 3.61. The summed E-state index contributed by atoms with van der Waals surface area (Å²) in [5.74, 6) is -1.06. The molecule has 1 aliphatic rings. The summed E-state index contributed by atoms with van der Waals surface area (Å²) in [6.45, 7) is 3.30. The van der Waals surface area contributed by atoms with Crippen LogP contribution in [-0.4, -0.2) is 50.5 Å². The number of rotatable bonds is 3. The zero-order valence-corrected chi connectivity index (χ0v) is 16.6. The fraction of sp³-hybridized carbons (Fsp3) is 0.238. The van der Waals surface area contributed by atoms with Crippen LogP contribution in [0.25, 0.3) is 10.9 Å². The van der Waals surface area contributed by atoms with Crippen molar-refractivity contribution in [3.8, 4) is 0 Å². The fourth-order valence-electron chi connectivity index (χ4n) is 3.35. The molecule has 8 heteroatoms. The molecule has 0 saturated carbocycles. The summed E-state index contributed by atoms with van der Waals surface area (Å²) in [6.07, 6.45) is 1.26. The third-order valence-electron chi connectivity index (χ3n) is 4.91. The number of aryl methyl sites for hydroxylation is 1. The number of benzene rings is 2. The second kappa shape index (κ2) is 7.53. The lowest BCUT2D eigenvalue weighted by Gasteiger charge is -2.27. The van der Waals surface area contributed by atoms with Gasteiger partial charge in [-0.05, 0) is 37.3 Å². The van der Waals surface area contributed by atoms with Gasteiger partial charge in [0.05, 0.1) is 34.1 Å². The molecule has 4 rings (SSSR count). The zero-order valence-electron chi connectivity index (χ0n) is 15.8. The van der Waals surface area contributed by atoms with Gasteiger partial charge in [-0.2, -0.15) is 0 Å². The van der Waals surface area contributed by atoms with Gasteiger partial charge in [-0.25, -0.2) is 12.8 Å². The molecule has 1 saturated heterocycles. The van der Waals surface area contributed by atoms with Gasteiger partial charge >= 0.3 is 0 Å². The van der Waals surface area contributed by atoms with Gasteiger partial charge in [0.25, 0.3) is 5.91 Å². The summed E-state index contributed by atoms with van der Waals surface area (Å²) in [6, 6.07) is 10.1. The molecule has 0 bridgehead atoms. The molecule has 1 amide bonds. The maximum absolute atomic E-state index is 14.0. The summed E-state index contributed by atoms with van der Waals surface area (Å²) in [4.78, 5) is 18.7. The third-order valence-corrected chi connectivity index (χ3v) is 6.78. The molecule has 29 heavy (non-hydrogen) atoms. The summed E-state index contributed by atoms with van der Waals surface area (Å²) in [7, 11) is -4.10. The van der Waals surface area contributed by atoms with Crippen molar-refractivity contribution in [2.24, 2.45) is 0 Å². The van der Waals surface area contributed by atoms with E-state index in [0.29, 0.717) is 31.8 Å². The maximum atomic E-state index is 14.0. The van der Waals surface area contributed by atoms with Crippen molar-refractivity contribution in [1.82, 2.24) is 9.88 Å². The second-order valence-corrected chi connectivity index (χ2v) is 8.77. The molecule has 0 aliphatic carbocycles. The highest BCUT2D eigenvalue weighted by molar-refractivity contribution is 7.91. The first kappa shape index (κ1) is 19.5. The molecule has 0 N–H and O–H groups in total. The molecule has 0 unspecified atom stereocenters. The normalized spacial score (nSPS) is 14.9. The standard InChI is InChI=1S/C21H19FN2O4S/c1-14-2-5-16(6-3-14)29(26,27)20-17-12-15(22)4-7-19(17)23-13-18(20)21(25)24-8-10-28-11-9-24/h2-7,12-13H,8-11H2,1H3. The second-order valence-electron chi connectivity index (χ2n) is 6.88. The first-order valence-electron chi connectivity index (χ1n) is 9.15. The first-order valence-corrected chi connectivity index (χ1v) is 10.6. The Kier molecular flexibility index (Phi) is 5.06. The van der Waals surface area contributed by atoms with E-state index in [2.05, 4.69) is 4.98 Å². The molecule has 1 aliphatic heterocycles. The molecule has 3 aromatic rings. The molecule has 2 aromatic carbocycles. The summed E-state index contributed by atoms with van der Waals surface area (Å²) < 4.78 is 46.4. The lowest BCUT2D eigenvalue weighted by Crippen LogP contribution is -2.41. The summed E-state index contributed by atoms with van der Waals surface area (Å²) in [5, 5.41) is 0.0877. The Bertz CT molecular complexity index is 1190. The minimum Gasteiger partial charge on any atom is -0.378 e. The number of sulfone groups is 1. The van der Waals surface area contributed by atoms with Gasteiger partial charge in [0.2, 0.25) is 9.84 Å². The summed E-state index contributed by atoms with van der Waals surface area (Å²) in [5.41, 5.74) is 1.14. The van der Waals surface area contributed by atoms with E-state index >= 15 is 0 Å². The van der Waals surface area contributed by atoms with Crippen molar-refractivity contribution in [1.29, 1.82) is 0 Å². The highest BCUT2D eigenvalue weighted by Gasteiger charge is 2.30. The van der Waals surface area contributed by atoms with Crippen molar-refractivity contribution >= 4 is 26.6 Å². The molecule has 0 atom stereocenters. The number of carbonyl (C=O) groups excluding carboxylic acids is 1. The Morgan fingerprint density at radius 1 is 1.10 bits per heavy atom. The van der Waals surface area contributed by atoms with E-state index in [4.69, 9.17) is 4.74 Å². The topological polar surface area (TPSA) is 76.6 Å². The van der Waals surface area contributed by atoms with E-state index in [0.717, 1.165) is 11.6 Å². The van der Waals surface area contributed by atoms with Crippen molar-refractivity contribution in [3.05, 3.63) is 65.6 Å². The molecule has 1 fully saturated rings. The number of pyridine rings is 1. The quantitative estimate of drug-likeness (QED) is 0.659. The van der Waals surface area contributed by atoms with Crippen LogP contribution in [0, 0.1) is 12.7 Å². The number of hydrogen-bond acceptors (Lipinski definition) is 5. The van der Waals surface area contributed by atoms with Gasteiger partial charge in [-0.1, -0.05) is 17.7 Å². The number of aromatic nitrogens is 1. The molecule has 0 spiro atoms. The fourth-order valence-corrected chi connectivity index (χ4v) is 4.97. The van der Waals surface area contributed by atoms with Crippen LogP contribution in [0.1, 0.15) is 15.9 Å². The van der Waals surface area contributed by atoms with E-state index in [9.17, 15) is 17.6 Å². The number of nitrogens with zero attached hydrogens (tertiary/aromatic N) is 2. The summed E-state index contributed by atoms with van der Waals surface area (Å²) >= 11 is 0. The van der Waals surface area contributed by atoms with E-state index in [1.54, 1.807) is 12.1 Å². The van der Waals surface area contributed by atoms with Gasteiger partial charge in [-0.15, -0.1) is 0 Å². The van der Waals surface area contributed by atoms with Crippen molar-refractivity contribution in [2.45, 2.75) is 16.7 Å². The largest absolute Gasteiger partial charge is 0.378 e. The van der Waals surface area contributed by atoms with Crippen LogP contribution in [0.15, 0.2) is 58.5 Å². The van der Waals surface area contributed by atoms with Crippen LogP contribution < -0.4 is 0 Å². The highest BCUT2D eigenvalue weighted by Crippen LogP contribution is 2.32. The Morgan fingerprint density at radius 2 is 1.79 bits per heavy atom. The predicted octanol–water partition coefficient (Wildman–Crippen LogP) is 2.99. The Labute approximate surface area is 167 Å². The molecule has 1 aromatic heterocycles. The lowest BCUT2D eigenvalue weighted by molar-refractivity contribution is 0.0300. The van der Waals surface area contributed by atoms with Crippen LogP contribution in [0.4, 0.5) is 4.39 Å². The number of carbonyl (C=O) groups is 1. The van der Waals surface area contributed by atoms with E-state index in [-0.39, 0.29) is 20.7 Å². The van der Waals surface area contributed by atoms with Crippen LogP contribution in [0.5, 0.6) is 0 Å². The Hall–Kier alpha value is -2.84. The average Bonchev–Trinajstić information content (AvgIpc) is 2.73. The number of ether oxygens (including phenoxy) is 1. The minimum absolute atomic E-state index is 0.0379.